The van der Waals surface area contributed by atoms with E-state index in [9.17, 15) is 23.5 Å². The van der Waals surface area contributed by atoms with Crippen LogP contribution in [-0.4, -0.2) is 37.1 Å². The minimum absolute atomic E-state index is 0.262. The molecule has 0 radical (unpaired) electrons. The molecule has 0 aliphatic carbocycles. The number of anilines is 1. The molecule has 0 spiro atoms. The summed E-state index contributed by atoms with van der Waals surface area (Å²) in [5, 5.41) is 11.4. The van der Waals surface area contributed by atoms with Crippen LogP contribution in [0.1, 0.15) is 43.0 Å². The quantitative estimate of drug-likeness (QED) is 0.202. The van der Waals surface area contributed by atoms with Gasteiger partial charge >= 0.3 is 0 Å². The molecule has 1 aliphatic heterocycles. The van der Waals surface area contributed by atoms with Crippen molar-refractivity contribution in [2.45, 2.75) is 33.2 Å². The number of rotatable bonds is 9. The molecular formula is C30H29F2NO6. The normalized spacial score (nSPS) is 16.5. The fraction of sp³-hybridized carbons (Fsp3) is 0.267. The summed E-state index contributed by atoms with van der Waals surface area (Å²) in [6.45, 7) is 6.35. The Morgan fingerprint density at radius 2 is 1.69 bits per heavy atom. The zero-order valence-corrected chi connectivity index (χ0v) is 22.1. The van der Waals surface area contributed by atoms with Gasteiger partial charge in [0.1, 0.15) is 23.1 Å². The molecule has 204 valence electrons. The van der Waals surface area contributed by atoms with Crippen molar-refractivity contribution >= 4 is 23.1 Å². The number of nitrogens with zero attached hydrogens (tertiary/aromatic N) is 1. The number of ketones is 1. The van der Waals surface area contributed by atoms with Crippen LogP contribution in [0.2, 0.25) is 0 Å². The molecule has 1 atom stereocenters. The number of amides is 1. The predicted molar refractivity (Wildman–Crippen MR) is 142 cm³/mol. The van der Waals surface area contributed by atoms with E-state index in [0.29, 0.717) is 41.6 Å². The third-order valence-electron chi connectivity index (χ3n) is 6.33. The second kappa shape index (κ2) is 11.6. The largest absolute Gasteiger partial charge is 0.507 e. The highest BCUT2D eigenvalue weighted by molar-refractivity contribution is 6.51. The lowest BCUT2D eigenvalue weighted by atomic mass is 9.94. The van der Waals surface area contributed by atoms with E-state index in [1.165, 1.54) is 7.11 Å². The summed E-state index contributed by atoms with van der Waals surface area (Å²) in [5.41, 5.74) is 0.575. The molecule has 0 aromatic heterocycles. The first-order valence-electron chi connectivity index (χ1n) is 12.5. The van der Waals surface area contributed by atoms with Gasteiger partial charge in [-0.1, -0.05) is 13.0 Å². The third kappa shape index (κ3) is 5.30. The lowest BCUT2D eigenvalue weighted by Gasteiger charge is -2.26. The van der Waals surface area contributed by atoms with Crippen LogP contribution in [0.3, 0.4) is 0 Å². The molecule has 9 heteroatoms. The Hall–Kier alpha value is -4.40. The van der Waals surface area contributed by atoms with Gasteiger partial charge in [-0.15, -0.1) is 0 Å². The van der Waals surface area contributed by atoms with E-state index in [0.717, 1.165) is 29.5 Å². The number of hydrogen-bond donors (Lipinski definition) is 1. The number of aliphatic hydroxyl groups is 1. The monoisotopic (exact) mass is 537 g/mol. The minimum atomic E-state index is -1.29. The van der Waals surface area contributed by atoms with Crippen LogP contribution >= 0.6 is 0 Å². The third-order valence-corrected chi connectivity index (χ3v) is 6.33. The molecule has 0 bridgehead atoms. The predicted octanol–water partition coefficient (Wildman–Crippen LogP) is 6.10. The fourth-order valence-corrected chi connectivity index (χ4v) is 4.52. The first-order chi connectivity index (χ1) is 18.7. The maximum atomic E-state index is 15.0. The van der Waals surface area contributed by atoms with Gasteiger partial charge in [-0.3, -0.25) is 14.5 Å². The minimum Gasteiger partial charge on any atom is -0.507 e. The molecule has 1 heterocycles. The van der Waals surface area contributed by atoms with Gasteiger partial charge in [-0.2, -0.15) is 0 Å². The Kier molecular flexibility index (Phi) is 8.18. The standard InChI is InChI=1S/C30H29F2NO6/c1-5-13-39-23-11-8-19(14-17(23)3)28(34)26-27(18-7-12-24(37-4)25(15-18)38-6-2)33(30(36)29(26)35)22-16-20(31)9-10-21(22)32/h7-12,14-16,27,34H,5-6,13H2,1-4H3/b28-26+. The van der Waals surface area contributed by atoms with Crippen molar-refractivity contribution < 1.29 is 37.7 Å². The number of carbonyl (C=O) groups is 2. The zero-order chi connectivity index (χ0) is 28.3. The molecule has 1 N–H and O–H groups in total. The van der Waals surface area contributed by atoms with Crippen LogP contribution in [0.25, 0.3) is 5.76 Å². The smallest absolute Gasteiger partial charge is 0.300 e. The summed E-state index contributed by atoms with van der Waals surface area (Å²) in [6, 6.07) is 10.9. The molecule has 0 saturated carbocycles. The van der Waals surface area contributed by atoms with Gasteiger partial charge in [-0.05, 0) is 73.9 Å². The molecule has 1 amide bonds. The van der Waals surface area contributed by atoms with Crippen molar-refractivity contribution in [3.05, 3.63) is 88.5 Å². The van der Waals surface area contributed by atoms with E-state index in [-0.39, 0.29) is 11.1 Å². The maximum Gasteiger partial charge on any atom is 0.300 e. The first kappa shape index (κ1) is 27.6. The number of Topliss-reactive ketones (excluding diaryl/α,β-unsaturated/α-hetero) is 1. The molecule has 3 aromatic carbocycles. The van der Waals surface area contributed by atoms with Crippen molar-refractivity contribution in [1.29, 1.82) is 0 Å². The van der Waals surface area contributed by atoms with Gasteiger partial charge in [0.2, 0.25) is 0 Å². The van der Waals surface area contributed by atoms with E-state index in [4.69, 9.17) is 14.2 Å². The van der Waals surface area contributed by atoms with Crippen LogP contribution in [0, 0.1) is 18.6 Å². The Bertz CT molecular complexity index is 1450. The molecule has 39 heavy (non-hydrogen) atoms. The number of ether oxygens (including phenoxy) is 3. The molecule has 1 aliphatic rings. The van der Waals surface area contributed by atoms with Gasteiger partial charge in [0, 0.05) is 11.6 Å². The lowest BCUT2D eigenvalue weighted by Crippen LogP contribution is -2.30. The fourth-order valence-electron chi connectivity index (χ4n) is 4.52. The molecular weight excluding hydrogens is 508 g/mol. The molecule has 4 rings (SSSR count). The summed E-state index contributed by atoms with van der Waals surface area (Å²) in [5.74, 6) is -2.99. The van der Waals surface area contributed by atoms with Crippen molar-refractivity contribution in [3.63, 3.8) is 0 Å². The van der Waals surface area contributed by atoms with Crippen molar-refractivity contribution in [2.24, 2.45) is 0 Å². The first-order valence-corrected chi connectivity index (χ1v) is 12.5. The number of methoxy groups -OCH3 is 1. The molecule has 1 unspecified atom stereocenters. The Morgan fingerprint density at radius 3 is 2.36 bits per heavy atom. The second-order valence-electron chi connectivity index (χ2n) is 8.94. The van der Waals surface area contributed by atoms with Crippen molar-refractivity contribution in [2.75, 3.05) is 25.2 Å². The Morgan fingerprint density at radius 1 is 0.949 bits per heavy atom. The molecule has 1 saturated heterocycles. The van der Waals surface area contributed by atoms with Crippen molar-refractivity contribution in [1.82, 2.24) is 0 Å². The average Bonchev–Trinajstić information content (AvgIpc) is 3.19. The number of benzene rings is 3. The van der Waals surface area contributed by atoms with Crippen LogP contribution in [-0.2, 0) is 9.59 Å². The van der Waals surface area contributed by atoms with Gasteiger partial charge in [0.25, 0.3) is 11.7 Å². The Labute approximate surface area is 225 Å². The highest BCUT2D eigenvalue weighted by atomic mass is 19.1. The van der Waals surface area contributed by atoms with E-state index < -0.39 is 40.8 Å². The van der Waals surface area contributed by atoms with Crippen LogP contribution in [0.5, 0.6) is 17.2 Å². The van der Waals surface area contributed by atoms with E-state index >= 15 is 0 Å². The summed E-state index contributed by atoms with van der Waals surface area (Å²) >= 11 is 0. The van der Waals surface area contributed by atoms with E-state index in [1.807, 2.05) is 6.92 Å². The summed E-state index contributed by atoms with van der Waals surface area (Å²) < 4.78 is 45.9. The maximum absolute atomic E-state index is 15.0. The summed E-state index contributed by atoms with van der Waals surface area (Å²) in [7, 11) is 1.46. The van der Waals surface area contributed by atoms with Gasteiger partial charge in [-0.25, -0.2) is 8.78 Å². The summed E-state index contributed by atoms with van der Waals surface area (Å²) in [6.07, 6.45) is 0.812. The highest BCUT2D eigenvalue weighted by Gasteiger charge is 2.48. The lowest BCUT2D eigenvalue weighted by molar-refractivity contribution is -0.132. The molecule has 7 nitrogen and oxygen atoms in total. The highest BCUT2D eigenvalue weighted by Crippen LogP contribution is 2.45. The zero-order valence-electron chi connectivity index (χ0n) is 22.1. The number of aliphatic hydroxyl groups excluding tert-OH is 1. The van der Waals surface area contributed by atoms with Crippen LogP contribution in [0.4, 0.5) is 14.5 Å². The second-order valence-corrected chi connectivity index (χ2v) is 8.94. The number of aryl methyl sites for hydroxylation is 1. The molecule has 1 fully saturated rings. The van der Waals surface area contributed by atoms with Gasteiger partial charge in [0.05, 0.1) is 37.6 Å². The number of halogens is 2. The van der Waals surface area contributed by atoms with Crippen molar-refractivity contribution in [3.8, 4) is 17.2 Å². The van der Waals surface area contributed by atoms with Gasteiger partial charge < -0.3 is 19.3 Å². The van der Waals surface area contributed by atoms with E-state index in [2.05, 4.69) is 0 Å². The number of carbonyl (C=O) groups excluding carboxylic acids is 2. The summed E-state index contributed by atoms with van der Waals surface area (Å²) in [4.78, 5) is 27.6. The Balaban J connectivity index is 1.95. The van der Waals surface area contributed by atoms with Gasteiger partial charge in [0.15, 0.2) is 11.5 Å². The van der Waals surface area contributed by atoms with Crippen LogP contribution < -0.4 is 19.1 Å². The topological polar surface area (TPSA) is 85.3 Å². The average molecular weight is 538 g/mol. The number of hydrogen-bond acceptors (Lipinski definition) is 6. The van der Waals surface area contributed by atoms with Crippen LogP contribution in [0.15, 0.2) is 60.2 Å². The van der Waals surface area contributed by atoms with E-state index in [1.54, 1.807) is 50.2 Å². The molecule has 3 aromatic rings. The SMILES string of the molecule is CCCOc1ccc(/C(O)=C2\C(=O)C(=O)N(c3cc(F)ccc3F)C2c2ccc(OC)c(OCC)c2)cc1C.